The fraction of sp³-hybridized carbons (Fsp3) is 0.333. The van der Waals surface area contributed by atoms with Gasteiger partial charge in [-0.2, -0.15) is 0 Å². The van der Waals surface area contributed by atoms with Crippen LogP contribution >= 0.6 is 11.6 Å². The lowest BCUT2D eigenvalue weighted by atomic mass is 10.2. The number of nitrogens with zero attached hydrogens (tertiary/aromatic N) is 3. The number of hydrogen-bond acceptors (Lipinski definition) is 5. The van der Waals surface area contributed by atoms with Gasteiger partial charge >= 0.3 is 0 Å². The third-order valence-electron chi connectivity index (χ3n) is 6.04. The average molecular weight is 514 g/mol. The van der Waals surface area contributed by atoms with Crippen LogP contribution in [0.4, 0.5) is 4.39 Å². The Morgan fingerprint density at radius 2 is 1.75 bits per heavy atom. The second-order valence-corrected chi connectivity index (χ2v) is 9.08. The Morgan fingerprint density at radius 1 is 0.972 bits per heavy atom. The smallest absolute Gasteiger partial charge is 0.254 e. The number of amides is 2. The lowest BCUT2D eigenvalue weighted by Gasteiger charge is -2.31. The first kappa shape index (κ1) is 25.9. The van der Waals surface area contributed by atoms with Crippen LogP contribution in [0.5, 0.6) is 0 Å². The molecule has 1 fully saturated rings. The Morgan fingerprint density at radius 3 is 2.44 bits per heavy atom. The molecular formula is C27H29ClFN3O4. The van der Waals surface area contributed by atoms with Crippen molar-refractivity contribution in [1.29, 1.82) is 0 Å². The number of ether oxygens (including phenoxy) is 1. The summed E-state index contributed by atoms with van der Waals surface area (Å²) in [6, 6.07) is 16.3. The zero-order valence-electron chi connectivity index (χ0n) is 19.9. The molecule has 0 spiro atoms. The Balaban J connectivity index is 1.52. The molecule has 1 aliphatic rings. The van der Waals surface area contributed by atoms with E-state index in [4.69, 9.17) is 20.8 Å². The largest absolute Gasteiger partial charge is 0.467 e. The molecule has 0 atom stereocenters. The van der Waals surface area contributed by atoms with Gasteiger partial charge in [-0.1, -0.05) is 29.8 Å². The molecule has 0 bridgehead atoms. The van der Waals surface area contributed by atoms with Gasteiger partial charge in [0.15, 0.2) is 0 Å². The molecule has 0 aliphatic carbocycles. The van der Waals surface area contributed by atoms with Crippen molar-refractivity contribution in [3.05, 3.63) is 94.7 Å². The van der Waals surface area contributed by atoms with Gasteiger partial charge in [0.25, 0.3) is 5.91 Å². The molecule has 1 aromatic heterocycles. The highest BCUT2D eigenvalue weighted by molar-refractivity contribution is 6.31. The molecule has 1 saturated heterocycles. The van der Waals surface area contributed by atoms with Gasteiger partial charge < -0.3 is 19.0 Å². The molecule has 0 unspecified atom stereocenters. The number of halogens is 2. The van der Waals surface area contributed by atoms with E-state index in [1.165, 1.54) is 12.1 Å². The molecule has 7 nitrogen and oxygen atoms in total. The van der Waals surface area contributed by atoms with Crippen LogP contribution in [-0.2, 0) is 22.6 Å². The van der Waals surface area contributed by atoms with Gasteiger partial charge in [-0.25, -0.2) is 4.39 Å². The highest BCUT2D eigenvalue weighted by Crippen LogP contribution is 2.16. The van der Waals surface area contributed by atoms with Crippen LogP contribution in [0.25, 0.3) is 0 Å². The standard InChI is InChI=1S/C27H29ClFN3O4/c28-23-4-1-3-22(17-23)27(34)31(11-10-30-12-15-35-16-13-30)20-26(33)32(19-25-5-2-14-36-25)18-21-6-8-24(29)9-7-21/h1-9,14,17H,10-13,15-16,18-20H2. The first-order chi connectivity index (χ1) is 17.5. The van der Waals surface area contributed by atoms with Crippen molar-refractivity contribution in [2.75, 3.05) is 45.9 Å². The summed E-state index contributed by atoms with van der Waals surface area (Å²) < 4.78 is 24.3. The Labute approximate surface area is 215 Å². The van der Waals surface area contributed by atoms with Crippen molar-refractivity contribution in [2.45, 2.75) is 13.1 Å². The van der Waals surface area contributed by atoms with E-state index in [0.29, 0.717) is 42.6 Å². The first-order valence-corrected chi connectivity index (χ1v) is 12.3. The number of morpholine rings is 1. The molecule has 190 valence electrons. The maximum Gasteiger partial charge on any atom is 0.254 e. The molecule has 3 aromatic rings. The van der Waals surface area contributed by atoms with Crippen LogP contribution in [0.3, 0.4) is 0 Å². The van der Waals surface area contributed by atoms with Crippen molar-refractivity contribution >= 4 is 23.4 Å². The van der Waals surface area contributed by atoms with Crippen LogP contribution in [-0.4, -0.2) is 72.5 Å². The van der Waals surface area contributed by atoms with Gasteiger partial charge in [0.1, 0.15) is 18.1 Å². The lowest BCUT2D eigenvalue weighted by molar-refractivity contribution is -0.133. The van der Waals surface area contributed by atoms with Crippen LogP contribution in [0, 0.1) is 5.82 Å². The van der Waals surface area contributed by atoms with Crippen molar-refractivity contribution in [3.63, 3.8) is 0 Å². The predicted octanol–water partition coefficient (Wildman–Crippen LogP) is 4.08. The zero-order chi connectivity index (χ0) is 25.3. The molecule has 36 heavy (non-hydrogen) atoms. The van der Waals surface area contributed by atoms with E-state index >= 15 is 0 Å². The minimum atomic E-state index is -0.343. The fourth-order valence-electron chi connectivity index (χ4n) is 4.04. The second-order valence-electron chi connectivity index (χ2n) is 8.65. The van der Waals surface area contributed by atoms with Gasteiger partial charge in [0.2, 0.25) is 5.91 Å². The number of carbonyl (C=O) groups excluding carboxylic acids is 2. The third kappa shape index (κ3) is 7.40. The fourth-order valence-corrected chi connectivity index (χ4v) is 4.23. The Hall–Kier alpha value is -3.20. The maximum atomic E-state index is 13.6. The third-order valence-corrected chi connectivity index (χ3v) is 6.28. The molecular weight excluding hydrogens is 485 g/mol. The van der Waals surface area contributed by atoms with Gasteiger partial charge in [0, 0.05) is 43.3 Å². The number of benzene rings is 2. The SMILES string of the molecule is O=C(CN(CCN1CCOCC1)C(=O)c1cccc(Cl)c1)N(Cc1ccc(F)cc1)Cc1ccco1. The van der Waals surface area contributed by atoms with Gasteiger partial charge in [-0.15, -0.1) is 0 Å². The number of carbonyl (C=O) groups is 2. The maximum absolute atomic E-state index is 13.6. The topological polar surface area (TPSA) is 66.2 Å². The minimum absolute atomic E-state index is 0.114. The number of hydrogen-bond donors (Lipinski definition) is 0. The molecule has 2 heterocycles. The quantitative estimate of drug-likeness (QED) is 0.409. The van der Waals surface area contributed by atoms with E-state index in [1.807, 2.05) is 0 Å². The van der Waals surface area contributed by atoms with E-state index in [9.17, 15) is 14.0 Å². The Bertz CT molecular complexity index is 1130. The highest BCUT2D eigenvalue weighted by atomic mass is 35.5. The van der Waals surface area contributed by atoms with E-state index < -0.39 is 0 Å². The molecule has 0 saturated carbocycles. The summed E-state index contributed by atoms with van der Waals surface area (Å²) in [6.07, 6.45) is 1.55. The van der Waals surface area contributed by atoms with Crippen LogP contribution in [0.1, 0.15) is 21.7 Å². The second kappa shape index (κ2) is 12.7. The molecule has 1 aliphatic heterocycles. The number of rotatable bonds is 10. The van der Waals surface area contributed by atoms with Crippen molar-refractivity contribution in [1.82, 2.24) is 14.7 Å². The lowest BCUT2D eigenvalue weighted by Crippen LogP contribution is -2.47. The summed E-state index contributed by atoms with van der Waals surface area (Å²) >= 11 is 6.12. The zero-order valence-corrected chi connectivity index (χ0v) is 20.7. The van der Waals surface area contributed by atoms with Gasteiger partial charge in [0.05, 0.1) is 26.0 Å². The molecule has 9 heteroatoms. The minimum Gasteiger partial charge on any atom is -0.467 e. The van der Waals surface area contributed by atoms with Crippen molar-refractivity contribution in [2.24, 2.45) is 0 Å². The first-order valence-electron chi connectivity index (χ1n) is 11.9. The van der Waals surface area contributed by atoms with Gasteiger partial charge in [-0.3, -0.25) is 14.5 Å². The van der Waals surface area contributed by atoms with E-state index in [2.05, 4.69) is 4.90 Å². The van der Waals surface area contributed by atoms with Crippen molar-refractivity contribution < 1.29 is 23.1 Å². The summed E-state index contributed by atoms with van der Waals surface area (Å²) in [4.78, 5) is 32.4. The predicted molar refractivity (Wildman–Crippen MR) is 134 cm³/mol. The van der Waals surface area contributed by atoms with Crippen LogP contribution in [0.15, 0.2) is 71.3 Å². The van der Waals surface area contributed by atoms with E-state index in [0.717, 1.165) is 18.7 Å². The Kier molecular flexibility index (Phi) is 9.11. The van der Waals surface area contributed by atoms with Gasteiger partial charge in [-0.05, 0) is 48.0 Å². The van der Waals surface area contributed by atoms with E-state index in [1.54, 1.807) is 64.6 Å². The summed E-state index contributed by atoms with van der Waals surface area (Å²) in [5, 5.41) is 0.455. The molecule has 4 rings (SSSR count). The summed E-state index contributed by atoms with van der Waals surface area (Å²) in [5.74, 6) is -0.234. The highest BCUT2D eigenvalue weighted by Gasteiger charge is 2.24. The summed E-state index contributed by atoms with van der Waals surface area (Å²) in [6.45, 7) is 4.23. The average Bonchev–Trinajstić information content (AvgIpc) is 3.41. The van der Waals surface area contributed by atoms with Crippen LogP contribution < -0.4 is 0 Å². The normalized spacial score (nSPS) is 13.9. The number of furan rings is 1. The van der Waals surface area contributed by atoms with E-state index in [-0.39, 0.29) is 37.3 Å². The molecule has 0 radical (unpaired) electrons. The molecule has 2 aromatic carbocycles. The summed E-state index contributed by atoms with van der Waals surface area (Å²) in [5.41, 5.74) is 1.20. The molecule has 2 amide bonds. The monoisotopic (exact) mass is 513 g/mol. The molecule has 0 N–H and O–H groups in total. The summed E-state index contributed by atoms with van der Waals surface area (Å²) in [7, 11) is 0. The van der Waals surface area contributed by atoms with Crippen LogP contribution in [0.2, 0.25) is 5.02 Å². The van der Waals surface area contributed by atoms with Crippen molar-refractivity contribution in [3.8, 4) is 0 Å².